The van der Waals surface area contributed by atoms with Crippen LogP contribution in [-0.4, -0.2) is 39.3 Å². The Kier molecular flexibility index (Phi) is 29.2. The van der Waals surface area contributed by atoms with Crippen LogP contribution < -0.4 is 33.2 Å². The molecular weight excluding hydrogens is 516 g/mol. The molecule has 0 aliphatic rings. The largest absolute Gasteiger partial charge is 0.330 e. The Labute approximate surface area is 261 Å². The summed E-state index contributed by atoms with van der Waals surface area (Å²) >= 11 is 0. The maximum Gasteiger partial charge on any atom is 0.0205 e. The lowest BCUT2D eigenvalue weighted by Gasteiger charge is -2.13. The first kappa shape index (κ1) is 39.0. The second kappa shape index (κ2) is 31.4. The van der Waals surface area contributed by atoms with Gasteiger partial charge in [0, 0.05) is 19.6 Å². The molecule has 0 aliphatic carbocycles. The lowest BCUT2D eigenvalue weighted by molar-refractivity contribution is 0.554. The Bertz CT molecular complexity index is 580. The Balaban J connectivity index is 2.35. The van der Waals surface area contributed by atoms with Crippen LogP contribution in [0.25, 0.3) is 0 Å². The zero-order chi connectivity index (χ0) is 30.2. The third-order valence-electron chi connectivity index (χ3n) is 8.27. The highest BCUT2D eigenvalue weighted by Gasteiger charge is 2.03. The van der Waals surface area contributed by atoms with E-state index in [1.165, 1.54) is 152 Å². The first-order chi connectivity index (χ1) is 20.8. The van der Waals surface area contributed by atoms with Gasteiger partial charge < -0.3 is 33.2 Å². The minimum atomic E-state index is 0.839. The summed E-state index contributed by atoms with van der Waals surface area (Å²) in [7, 11) is 0. The Morgan fingerprint density at radius 3 is 0.762 bits per heavy atom. The third kappa shape index (κ3) is 25.5. The molecule has 0 saturated heterocycles. The monoisotopic (exact) mass is 589 g/mol. The fourth-order valence-corrected chi connectivity index (χ4v) is 5.68. The number of hydrogen-bond acceptors (Lipinski definition) is 6. The molecule has 0 fully saturated rings. The van der Waals surface area contributed by atoms with E-state index in [9.17, 15) is 0 Å². The summed E-state index contributed by atoms with van der Waals surface area (Å²) in [6, 6.07) is 7.22. The highest BCUT2D eigenvalue weighted by molar-refractivity contribution is 5.30. The minimum Gasteiger partial charge on any atom is -0.330 e. The van der Waals surface area contributed by atoms with E-state index < -0.39 is 0 Å². The van der Waals surface area contributed by atoms with Crippen LogP contribution in [0.2, 0.25) is 0 Å². The van der Waals surface area contributed by atoms with Gasteiger partial charge in [-0.15, -0.1) is 0 Å². The zero-order valence-electron chi connectivity index (χ0n) is 27.7. The van der Waals surface area contributed by atoms with Gasteiger partial charge in [0.15, 0.2) is 0 Å². The van der Waals surface area contributed by atoms with E-state index in [2.05, 4.69) is 34.1 Å². The van der Waals surface area contributed by atoms with Crippen molar-refractivity contribution in [1.82, 2.24) is 16.0 Å². The highest BCUT2D eigenvalue weighted by atomic mass is 14.9. The molecule has 6 nitrogen and oxygen atoms in total. The van der Waals surface area contributed by atoms with Crippen molar-refractivity contribution < 1.29 is 0 Å². The van der Waals surface area contributed by atoms with Gasteiger partial charge in [0.05, 0.1) is 0 Å². The van der Waals surface area contributed by atoms with Crippen molar-refractivity contribution in [2.75, 3.05) is 39.3 Å². The average molecular weight is 589 g/mol. The lowest BCUT2D eigenvalue weighted by atomic mass is 10.0. The van der Waals surface area contributed by atoms with Crippen LogP contribution in [0.3, 0.4) is 0 Å². The van der Waals surface area contributed by atoms with E-state index in [-0.39, 0.29) is 0 Å². The maximum atomic E-state index is 5.59. The molecule has 0 saturated carbocycles. The molecule has 0 radical (unpaired) electrons. The SMILES string of the molecule is NCCCCCCCCCNCc1cc(CNCCCCCCCCCN)cc(CNCCCCCCCCCN)c1. The summed E-state index contributed by atoms with van der Waals surface area (Å²) in [6.45, 7) is 8.73. The summed E-state index contributed by atoms with van der Waals surface area (Å²) in [5, 5.41) is 11.1. The van der Waals surface area contributed by atoms with Gasteiger partial charge in [-0.3, -0.25) is 0 Å². The standard InChI is InChI=1S/C36H72N6/c37-22-16-10-4-1-7-13-19-25-40-31-34-28-35(32-41-26-20-14-8-2-5-11-17-23-38)30-36(29-34)33-42-27-21-15-9-3-6-12-18-24-39/h28-30,40-42H,1-27,31-33,37-39H2. The molecular formula is C36H72N6. The predicted molar refractivity (Wildman–Crippen MR) is 186 cm³/mol. The average Bonchev–Trinajstić information content (AvgIpc) is 3.00. The molecule has 0 bridgehead atoms. The summed E-state index contributed by atoms with van der Waals surface area (Å²) in [4.78, 5) is 0. The molecule has 0 aromatic heterocycles. The van der Waals surface area contributed by atoms with Crippen LogP contribution >= 0.6 is 0 Å². The van der Waals surface area contributed by atoms with E-state index >= 15 is 0 Å². The molecule has 0 unspecified atom stereocenters. The summed E-state index contributed by atoms with van der Waals surface area (Å²) in [5.74, 6) is 0. The van der Waals surface area contributed by atoms with Gasteiger partial charge in [-0.2, -0.15) is 0 Å². The Morgan fingerprint density at radius 2 is 0.524 bits per heavy atom. The van der Waals surface area contributed by atoms with Crippen LogP contribution in [0, 0.1) is 0 Å². The molecule has 1 rings (SSSR count). The van der Waals surface area contributed by atoms with Gasteiger partial charge >= 0.3 is 0 Å². The van der Waals surface area contributed by atoms with E-state index in [1.54, 1.807) is 0 Å². The topological polar surface area (TPSA) is 114 Å². The maximum absolute atomic E-state index is 5.59. The molecule has 6 heteroatoms. The smallest absolute Gasteiger partial charge is 0.0205 e. The Morgan fingerprint density at radius 1 is 0.310 bits per heavy atom. The normalized spacial score (nSPS) is 11.5. The quantitative estimate of drug-likeness (QED) is 0.0492. The first-order valence-corrected chi connectivity index (χ1v) is 18.1. The molecule has 0 heterocycles. The number of unbranched alkanes of at least 4 members (excludes halogenated alkanes) is 18. The molecule has 0 spiro atoms. The fraction of sp³-hybridized carbons (Fsp3) is 0.833. The molecule has 0 atom stereocenters. The van der Waals surface area contributed by atoms with Gasteiger partial charge in [0.25, 0.3) is 0 Å². The number of rotatable bonds is 33. The third-order valence-corrected chi connectivity index (χ3v) is 8.27. The van der Waals surface area contributed by atoms with Crippen LogP contribution in [-0.2, 0) is 19.6 Å². The Hall–Kier alpha value is -1.02. The van der Waals surface area contributed by atoms with Gasteiger partial charge in [-0.05, 0) is 94.5 Å². The van der Waals surface area contributed by atoms with E-state index in [4.69, 9.17) is 17.2 Å². The molecule has 1 aromatic rings. The van der Waals surface area contributed by atoms with Crippen LogP contribution in [0.5, 0.6) is 0 Å². The molecule has 0 amide bonds. The number of nitrogens with one attached hydrogen (secondary N) is 3. The first-order valence-electron chi connectivity index (χ1n) is 18.1. The minimum absolute atomic E-state index is 0.839. The predicted octanol–water partition coefficient (Wildman–Crippen LogP) is 7.02. The second-order valence-electron chi connectivity index (χ2n) is 12.5. The van der Waals surface area contributed by atoms with E-state index in [1.807, 2.05) is 0 Å². The van der Waals surface area contributed by atoms with E-state index in [0.29, 0.717) is 0 Å². The van der Waals surface area contributed by atoms with Gasteiger partial charge in [-0.1, -0.05) is 115 Å². The second-order valence-corrected chi connectivity index (χ2v) is 12.5. The van der Waals surface area contributed by atoms with Crippen molar-refractivity contribution in [3.05, 3.63) is 34.9 Å². The molecule has 246 valence electrons. The van der Waals surface area contributed by atoms with Crippen molar-refractivity contribution in [1.29, 1.82) is 0 Å². The van der Waals surface area contributed by atoms with Crippen molar-refractivity contribution >= 4 is 0 Å². The van der Waals surface area contributed by atoms with Crippen LogP contribution in [0.1, 0.15) is 152 Å². The van der Waals surface area contributed by atoms with Crippen molar-refractivity contribution in [2.45, 2.75) is 154 Å². The number of nitrogens with two attached hydrogens (primary N) is 3. The fourth-order valence-electron chi connectivity index (χ4n) is 5.68. The molecule has 0 aliphatic heterocycles. The number of hydrogen-bond donors (Lipinski definition) is 6. The molecule has 1 aromatic carbocycles. The van der Waals surface area contributed by atoms with Crippen LogP contribution in [0.15, 0.2) is 18.2 Å². The van der Waals surface area contributed by atoms with Crippen molar-refractivity contribution in [3.8, 4) is 0 Å². The van der Waals surface area contributed by atoms with Gasteiger partial charge in [-0.25, -0.2) is 0 Å². The molecule has 9 N–H and O–H groups in total. The van der Waals surface area contributed by atoms with Crippen molar-refractivity contribution in [2.24, 2.45) is 17.2 Å². The van der Waals surface area contributed by atoms with Gasteiger partial charge in [0.1, 0.15) is 0 Å². The zero-order valence-corrected chi connectivity index (χ0v) is 27.7. The number of benzene rings is 1. The summed E-state index contributed by atoms with van der Waals surface area (Å²) in [6.07, 6.45) is 27.4. The van der Waals surface area contributed by atoms with Gasteiger partial charge in [0.2, 0.25) is 0 Å². The molecule has 42 heavy (non-hydrogen) atoms. The highest BCUT2D eigenvalue weighted by Crippen LogP contribution is 2.13. The lowest BCUT2D eigenvalue weighted by Crippen LogP contribution is -2.19. The van der Waals surface area contributed by atoms with Crippen LogP contribution in [0.4, 0.5) is 0 Å². The summed E-state index contributed by atoms with van der Waals surface area (Å²) in [5.41, 5.74) is 21.0. The van der Waals surface area contributed by atoms with Crippen molar-refractivity contribution in [3.63, 3.8) is 0 Å². The summed E-state index contributed by atoms with van der Waals surface area (Å²) < 4.78 is 0. The van der Waals surface area contributed by atoms with E-state index in [0.717, 1.165) is 58.9 Å².